The Hall–Kier alpha value is -3.97. The van der Waals surface area contributed by atoms with E-state index >= 15 is 0 Å². The number of carbonyl (C=O) groups excluding carboxylic acids is 2. The van der Waals surface area contributed by atoms with Gasteiger partial charge < -0.3 is 20.5 Å². The lowest BCUT2D eigenvalue weighted by Crippen LogP contribution is -2.39. The number of rotatable bonds is 8. The topological polar surface area (TPSA) is 80.4 Å². The van der Waals surface area contributed by atoms with Gasteiger partial charge in [-0.15, -0.1) is 0 Å². The van der Waals surface area contributed by atoms with Crippen LogP contribution >= 0.6 is 0 Å². The van der Waals surface area contributed by atoms with Crippen LogP contribution in [0.2, 0.25) is 0 Å². The van der Waals surface area contributed by atoms with Crippen molar-refractivity contribution in [2.45, 2.75) is 25.8 Å². The largest absolute Gasteiger partial charge is 0.369 e. The summed E-state index contributed by atoms with van der Waals surface area (Å²) in [4.78, 5) is 27.0. The van der Waals surface area contributed by atoms with Crippen LogP contribution in [-0.4, -0.2) is 40.9 Å². The number of hydrogen-bond donors (Lipinski definition) is 2. The fraction of sp³-hybridized carbons (Fsp3) is 0.267. The summed E-state index contributed by atoms with van der Waals surface area (Å²) in [6, 6.07) is 24.1. The number of carbonyl (C=O) groups is 2. The molecule has 190 valence electrons. The molecule has 0 bridgehead atoms. The molecule has 3 aromatic carbocycles. The molecule has 3 N–H and O–H groups in total. The lowest BCUT2D eigenvalue weighted by atomic mass is 9.96. The zero-order valence-electron chi connectivity index (χ0n) is 20.7. The summed E-state index contributed by atoms with van der Waals surface area (Å²) < 4.78 is 16.3. The van der Waals surface area contributed by atoms with Crippen molar-refractivity contribution in [2.24, 2.45) is 11.7 Å². The van der Waals surface area contributed by atoms with Crippen molar-refractivity contribution in [2.75, 3.05) is 25.0 Å². The highest BCUT2D eigenvalue weighted by Crippen LogP contribution is 2.24. The molecule has 7 heteroatoms. The number of benzene rings is 3. The Bertz CT molecular complexity index is 1400. The second-order valence-electron chi connectivity index (χ2n) is 9.69. The predicted molar refractivity (Wildman–Crippen MR) is 144 cm³/mol. The van der Waals surface area contributed by atoms with Gasteiger partial charge in [-0.2, -0.15) is 0 Å². The van der Waals surface area contributed by atoms with Crippen molar-refractivity contribution in [1.82, 2.24) is 9.47 Å². The number of piperidine rings is 1. The first kappa shape index (κ1) is 24.7. The van der Waals surface area contributed by atoms with Gasteiger partial charge in [0, 0.05) is 34.6 Å². The number of anilines is 1. The SMILES string of the molecule is NC(=O)C1CCN(CCc2ccc(NC(=O)c3cc4ccccc4n3Cc3ccccc3F)cc2)CC1. The monoisotopic (exact) mass is 498 g/mol. The van der Waals surface area contributed by atoms with Gasteiger partial charge in [-0.1, -0.05) is 48.5 Å². The van der Waals surface area contributed by atoms with Gasteiger partial charge in [0.25, 0.3) is 5.91 Å². The zero-order valence-corrected chi connectivity index (χ0v) is 20.7. The molecule has 1 aromatic heterocycles. The second kappa shape index (κ2) is 11.0. The quantitative estimate of drug-likeness (QED) is 0.366. The number of likely N-dealkylation sites (tertiary alicyclic amines) is 1. The van der Waals surface area contributed by atoms with E-state index in [4.69, 9.17) is 5.73 Å². The summed E-state index contributed by atoms with van der Waals surface area (Å²) in [5.74, 6) is -0.716. The number of primary amides is 1. The average molecular weight is 499 g/mol. The van der Waals surface area contributed by atoms with Crippen molar-refractivity contribution in [3.05, 3.63) is 102 Å². The number of fused-ring (bicyclic) bond motifs is 1. The average Bonchev–Trinajstić information content (AvgIpc) is 3.28. The minimum atomic E-state index is -0.292. The van der Waals surface area contributed by atoms with Crippen LogP contribution in [0, 0.1) is 11.7 Å². The Balaban J connectivity index is 1.25. The first-order chi connectivity index (χ1) is 18.0. The molecule has 0 atom stereocenters. The van der Waals surface area contributed by atoms with Gasteiger partial charge in [0.1, 0.15) is 11.5 Å². The number of aromatic nitrogens is 1. The molecular formula is C30H31FN4O2. The maximum Gasteiger partial charge on any atom is 0.272 e. The number of hydrogen-bond acceptors (Lipinski definition) is 3. The fourth-order valence-corrected chi connectivity index (χ4v) is 5.04. The molecular weight excluding hydrogens is 467 g/mol. The maximum absolute atomic E-state index is 14.4. The summed E-state index contributed by atoms with van der Waals surface area (Å²) in [6.45, 7) is 2.97. The van der Waals surface area contributed by atoms with E-state index in [1.54, 1.807) is 18.2 Å². The molecule has 0 radical (unpaired) electrons. The van der Waals surface area contributed by atoms with E-state index in [1.165, 1.54) is 11.6 Å². The number of para-hydroxylation sites is 1. The van der Waals surface area contributed by atoms with E-state index in [2.05, 4.69) is 10.2 Å². The van der Waals surface area contributed by atoms with E-state index in [0.29, 0.717) is 16.9 Å². The molecule has 2 heterocycles. The fourth-order valence-electron chi connectivity index (χ4n) is 5.04. The molecule has 0 aliphatic carbocycles. The highest BCUT2D eigenvalue weighted by Gasteiger charge is 2.22. The number of nitrogens with zero attached hydrogens (tertiary/aromatic N) is 2. The third-order valence-electron chi connectivity index (χ3n) is 7.25. The van der Waals surface area contributed by atoms with Crippen molar-refractivity contribution >= 4 is 28.4 Å². The molecule has 6 nitrogen and oxygen atoms in total. The number of nitrogens with two attached hydrogens (primary N) is 1. The van der Waals surface area contributed by atoms with Crippen LogP contribution in [0.4, 0.5) is 10.1 Å². The molecule has 1 aliphatic heterocycles. The third-order valence-corrected chi connectivity index (χ3v) is 7.25. The highest BCUT2D eigenvalue weighted by molar-refractivity contribution is 6.06. The van der Waals surface area contributed by atoms with Gasteiger partial charge in [-0.05, 0) is 68.2 Å². The summed E-state index contributed by atoms with van der Waals surface area (Å²) >= 11 is 0. The molecule has 0 unspecified atom stereocenters. The van der Waals surface area contributed by atoms with Crippen molar-refractivity contribution in [3.8, 4) is 0 Å². The normalized spacial score (nSPS) is 14.6. The van der Waals surface area contributed by atoms with Gasteiger partial charge in [0.2, 0.25) is 5.91 Å². The van der Waals surface area contributed by atoms with E-state index in [9.17, 15) is 14.0 Å². The molecule has 37 heavy (non-hydrogen) atoms. The lowest BCUT2D eigenvalue weighted by molar-refractivity contribution is -0.123. The Kier molecular flexibility index (Phi) is 7.32. The Morgan fingerprint density at radius 1 is 0.946 bits per heavy atom. The van der Waals surface area contributed by atoms with Gasteiger partial charge in [0.05, 0.1) is 6.54 Å². The van der Waals surface area contributed by atoms with E-state index in [1.807, 2.05) is 59.2 Å². The highest BCUT2D eigenvalue weighted by atomic mass is 19.1. The van der Waals surface area contributed by atoms with Crippen molar-refractivity contribution in [3.63, 3.8) is 0 Å². The Labute approximate surface area is 215 Å². The summed E-state index contributed by atoms with van der Waals surface area (Å²) in [5, 5.41) is 3.93. The molecule has 1 fully saturated rings. The second-order valence-corrected chi connectivity index (χ2v) is 9.69. The first-order valence-corrected chi connectivity index (χ1v) is 12.7. The Morgan fingerprint density at radius 2 is 1.65 bits per heavy atom. The van der Waals surface area contributed by atoms with Gasteiger partial charge in [-0.3, -0.25) is 9.59 Å². The first-order valence-electron chi connectivity index (χ1n) is 12.7. The predicted octanol–water partition coefficient (Wildman–Crippen LogP) is 4.82. The molecule has 0 spiro atoms. The van der Waals surface area contributed by atoms with Crippen LogP contribution < -0.4 is 11.1 Å². The molecule has 1 aliphatic rings. The van der Waals surface area contributed by atoms with Crippen LogP contribution in [0.1, 0.15) is 34.5 Å². The van der Waals surface area contributed by atoms with Crippen LogP contribution in [0.5, 0.6) is 0 Å². The van der Waals surface area contributed by atoms with Gasteiger partial charge in [0.15, 0.2) is 0 Å². The lowest BCUT2D eigenvalue weighted by Gasteiger charge is -2.30. The van der Waals surface area contributed by atoms with Gasteiger partial charge >= 0.3 is 0 Å². The van der Waals surface area contributed by atoms with Crippen molar-refractivity contribution in [1.29, 1.82) is 0 Å². The summed E-state index contributed by atoms with van der Waals surface area (Å²) in [5.41, 5.74) is 9.21. The van der Waals surface area contributed by atoms with Crippen LogP contribution in [0.3, 0.4) is 0 Å². The van der Waals surface area contributed by atoms with Crippen LogP contribution in [-0.2, 0) is 17.8 Å². The molecule has 5 rings (SSSR count). The summed E-state index contributed by atoms with van der Waals surface area (Å²) in [7, 11) is 0. The zero-order chi connectivity index (χ0) is 25.8. The molecule has 2 amide bonds. The Morgan fingerprint density at radius 3 is 2.38 bits per heavy atom. The smallest absolute Gasteiger partial charge is 0.272 e. The number of halogens is 1. The van der Waals surface area contributed by atoms with Crippen LogP contribution in [0.15, 0.2) is 78.9 Å². The molecule has 0 saturated carbocycles. The molecule has 1 saturated heterocycles. The molecule has 4 aromatic rings. The van der Waals surface area contributed by atoms with E-state index < -0.39 is 0 Å². The van der Waals surface area contributed by atoms with E-state index in [-0.39, 0.29) is 30.1 Å². The maximum atomic E-state index is 14.4. The minimum Gasteiger partial charge on any atom is -0.369 e. The standard InChI is InChI=1S/C30H31FN4O2/c31-26-7-3-1-6-24(26)20-35-27-8-4-2-5-23(27)19-28(35)30(37)33-25-11-9-21(10-12-25)13-16-34-17-14-22(15-18-34)29(32)36/h1-12,19,22H,13-18,20H2,(H2,32,36)(H,33,37). The van der Waals surface area contributed by atoms with Crippen LogP contribution in [0.25, 0.3) is 10.9 Å². The van der Waals surface area contributed by atoms with Gasteiger partial charge in [-0.25, -0.2) is 4.39 Å². The number of nitrogens with one attached hydrogen (secondary N) is 1. The third kappa shape index (κ3) is 5.73. The van der Waals surface area contributed by atoms with Crippen molar-refractivity contribution < 1.29 is 14.0 Å². The van der Waals surface area contributed by atoms with E-state index in [0.717, 1.165) is 49.8 Å². The summed E-state index contributed by atoms with van der Waals surface area (Å²) in [6.07, 6.45) is 2.55. The minimum absolute atomic E-state index is 0.00422. The number of amides is 2.